The van der Waals surface area contributed by atoms with Gasteiger partial charge in [0.05, 0.1) is 4.90 Å². The molecule has 1 saturated heterocycles. The van der Waals surface area contributed by atoms with Gasteiger partial charge in [0.25, 0.3) is 5.91 Å². The van der Waals surface area contributed by atoms with Crippen LogP contribution in [-0.2, 0) is 10.0 Å². The summed E-state index contributed by atoms with van der Waals surface area (Å²) in [6.45, 7) is 4.87. The number of anilines is 1. The summed E-state index contributed by atoms with van der Waals surface area (Å²) in [6, 6.07) is 7.65. The summed E-state index contributed by atoms with van der Waals surface area (Å²) >= 11 is 0. The van der Waals surface area contributed by atoms with Gasteiger partial charge in [-0.3, -0.25) is 4.79 Å². The van der Waals surface area contributed by atoms with Gasteiger partial charge in [-0.2, -0.15) is 4.31 Å². The normalized spacial score (nSPS) is 16.7. The second kappa shape index (κ2) is 6.97. The molecule has 1 N–H and O–H groups in total. The molecule has 1 aromatic carbocycles. The van der Waals surface area contributed by atoms with Gasteiger partial charge in [-0.15, -0.1) is 0 Å². The van der Waals surface area contributed by atoms with Crippen LogP contribution in [0.1, 0.15) is 35.9 Å². The molecule has 0 bridgehead atoms. The Bertz CT molecular complexity index is 868. The van der Waals surface area contributed by atoms with Gasteiger partial charge >= 0.3 is 0 Å². The zero-order valence-corrected chi connectivity index (χ0v) is 15.0. The Morgan fingerprint density at radius 1 is 1.28 bits per heavy atom. The van der Waals surface area contributed by atoms with Crippen molar-refractivity contribution in [2.75, 3.05) is 18.4 Å². The van der Waals surface area contributed by atoms with E-state index >= 15 is 0 Å². The van der Waals surface area contributed by atoms with Crippen molar-refractivity contribution in [3.05, 3.63) is 41.7 Å². The molecule has 1 amide bonds. The molecule has 0 spiro atoms. The first kappa shape index (κ1) is 17.6. The minimum absolute atomic E-state index is 0.131. The lowest BCUT2D eigenvalue weighted by Crippen LogP contribution is -2.37. The molecule has 1 aliphatic rings. The Morgan fingerprint density at radius 2 is 2.00 bits per heavy atom. The van der Waals surface area contributed by atoms with Gasteiger partial charge in [-0.05, 0) is 43.9 Å². The number of hydrogen-bond donors (Lipinski definition) is 1. The highest BCUT2D eigenvalue weighted by atomic mass is 32.2. The molecule has 1 aromatic heterocycles. The predicted molar refractivity (Wildman–Crippen MR) is 92.8 cm³/mol. The van der Waals surface area contributed by atoms with E-state index in [-0.39, 0.29) is 10.5 Å². The summed E-state index contributed by atoms with van der Waals surface area (Å²) in [5, 5.41) is 6.29. The largest absolute Gasteiger partial charge is 0.360 e. The Labute approximate surface area is 147 Å². The molecule has 1 aliphatic heterocycles. The van der Waals surface area contributed by atoms with Gasteiger partial charge in [0, 0.05) is 24.7 Å². The van der Waals surface area contributed by atoms with E-state index in [4.69, 9.17) is 4.52 Å². The van der Waals surface area contributed by atoms with Gasteiger partial charge in [0.1, 0.15) is 5.76 Å². The highest BCUT2D eigenvalue weighted by molar-refractivity contribution is 7.89. The van der Waals surface area contributed by atoms with Crippen LogP contribution in [0.25, 0.3) is 0 Å². The number of piperidine rings is 1. The van der Waals surface area contributed by atoms with Gasteiger partial charge in [-0.25, -0.2) is 8.42 Å². The minimum Gasteiger partial charge on any atom is -0.360 e. The summed E-state index contributed by atoms with van der Waals surface area (Å²) < 4.78 is 32.0. The molecule has 2 aromatic rings. The van der Waals surface area contributed by atoms with Crippen LogP contribution in [0.15, 0.2) is 39.8 Å². The summed E-state index contributed by atoms with van der Waals surface area (Å²) in [5.41, 5.74) is 0.257. The van der Waals surface area contributed by atoms with E-state index < -0.39 is 15.9 Å². The fourth-order valence-corrected chi connectivity index (χ4v) is 4.30. The van der Waals surface area contributed by atoms with E-state index in [1.54, 1.807) is 25.1 Å². The third kappa shape index (κ3) is 3.91. The van der Waals surface area contributed by atoms with Crippen molar-refractivity contribution in [2.24, 2.45) is 5.92 Å². The highest BCUT2D eigenvalue weighted by Gasteiger charge is 2.28. The SMILES string of the molecule is Cc1cc(NC(=O)c2cccc(S(=O)(=O)N3CCC(C)CC3)c2)no1. The van der Waals surface area contributed by atoms with Gasteiger partial charge < -0.3 is 9.84 Å². The number of aryl methyl sites for hydroxylation is 1. The van der Waals surface area contributed by atoms with E-state index in [9.17, 15) is 13.2 Å². The summed E-state index contributed by atoms with van der Waals surface area (Å²) in [7, 11) is -3.59. The molecule has 1 fully saturated rings. The Hall–Kier alpha value is -2.19. The van der Waals surface area contributed by atoms with Crippen molar-refractivity contribution in [1.29, 1.82) is 0 Å². The summed E-state index contributed by atoms with van der Waals surface area (Å²) in [4.78, 5) is 12.5. The zero-order valence-electron chi connectivity index (χ0n) is 14.2. The molecular formula is C17H21N3O4S. The number of nitrogens with one attached hydrogen (secondary N) is 1. The maximum absolute atomic E-state index is 12.8. The number of carbonyl (C=O) groups excluding carboxylic acids is 1. The lowest BCUT2D eigenvalue weighted by atomic mass is 10.0. The van der Waals surface area contributed by atoms with E-state index in [1.807, 2.05) is 0 Å². The van der Waals surface area contributed by atoms with Crippen LogP contribution in [0, 0.1) is 12.8 Å². The lowest BCUT2D eigenvalue weighted by Gasteiger charge is -2.29. The standard InChI is InChI=1S/C17H21N3O4S/c1-12-6-8-20(9-7-12)25(22,23)15-5-3-4-14(11-15)17(21)18-16-10-13(2)24-19-16/h3-5,10-12H,6-9H2,1-2H3,(H,18,19,21). The first-order valence-corrected chi connectivity index (χ1v) is 9.65. The Morgan fingerprint density at radius 3 is 2.64 bits per heavy atom. The smallest absolute Gasteiger partial charge is 0.256 e. The summed E-state index contributed by atoms with van der Waals surface area (Å²) in [6.07, 6.45) is 1.70. The minimum atomic E-state index is -3.59. The van der Waals surface area contributed by atoms with Gasteiger partial charge in [0.2, 0.25) is 10.0 Å². The number of benzene rings is 1. The lowest BCUT2D eigenvalue weighted by molar-refractivity contribution is 0.102. The van der Waals surface area contributed by atoms with Gasteiger partial charge in [0.15, 0.2) is 5.82 Å². The number of aromatic nitrogens is 1. The van der Waals surface area contributed by atoms with Crippen molar-refractivity contribution < 1.29 is 17.7 Å². The third-order valence-corrected chi connectivity index (χ3v) is 6.24. The quantitative estimate of drug-likeness (QED) is 0.901. The monoisotopic (exact) mass is 363 g/mol. The van der Waals surface area contributed by atoms with Crippen LogP contribution < -0.4 is 5.32 Å². The third-order valence-electron chi connectivity index (χ3n) is 4.35. The fraction of sp³-hybridized carbons (Fsp3) is 0.412. The molecule has 0 aliphatic carbocycles. The molecule has 2 heterocycles. The maximum Gasteiger partial charge on any atom is 0.256 e. The van der Waals surface area contributed by atoms with Crippen molar-refractivity contribution in [3.63, 3.8) is 0 Å². The van der Waals surface area contributed by atoms with Crippen LogP contribution in [0.4, 0.5) is 5.82 Å². The van der Waals surface area contributed by atoms with E-state index in [2.05, 4.69) is 17.4 Å². The molecular weight excluding hydrogens is 342 g/mol. The number of rotatable bonds is 4. The predicted octanol–water partition coefficient (Wildman–Crippen LogP) is 2.66. The molecule has 25 heavy (non-hydrogen) atoms. The van der Waals surface area contributed by atoms with Crippen molar-refractivity contribution in [2.45, 2.75) is 31.6 Å². The molecule has 7 nitrogen and oxygen atoms in total. The second-order valence-corrected chi connectivity index (χ2v) is 8.33. The van der Waals surface area contributed by atoms with E-state index in [0.717, 1.165) is 12.8 Å². The molecule has 0 radical (unpaired) electrons. The highest BCUT2D eigenvalue weighted by Crippen LogP contribution is 2.24. The number of amides is 1. The van der Waals surface area contributed by atoms with Crippen molar-refractivity contribution >= 4 is 21.7 Å². The number of sulfonamides is 1. The first-order valence-electron chi connectivity index (χ1n) is 8.21. The first-order chi connectivity index (χ1) is 11.9. The Kier molecular flexibility index (Phi) is 4.91. The molecule has 0 saturated carbocycles. The average Bonchev–Trinajstić information content (AvgIpc) is 3.00. The van der Waals surface area contributed by atoms with Crippen LogP contribution in [0.5, 0.6) is 0 Å². The van der Waals surface area contributed by atoms with Gasteiger partial charge in [-0.1, -0.05) is 18.1 Å². The van der Waals surface area contributed by atoms with Crippen LogP contribution in [-0.4, -0.2) is 36.9 Å². The van der Waals surface area contributed by atoms with Crippen LogP contribution >= 0.6 is 0 Å². The molecule has 3 rings (SSSR count). The Balaban J connectivity index is 1.79. The second-order valence-electron chi connectivity index (χ2n) is 6.39. The van der Waals surface area contributed by atoms with Crippen molar-refractivity contribution in [3.8, 4) is 0 Å². The molecule has 8 heteroatoms. The van der Waals surface area contributed by atoms with E-state index in [1.165, 1.54) is 16.4 Å². The maximum atomic E-state index is 12.8. The zero-order chi connectivity index (χ0) is 18.0. The van der Waals surface area contributed by atoms with Crippen LogP contribution in [0.2, 0.25) is 0 Å². The van der Waals surface area contributed by atoms with Crippen molar-refractivity contribution in [1.82, 2.24) is 9.46 Å². The number of carbonyl (C=O) groups is 1. The number of hydrogen-bond acceptors (Lipinski definition) is 5. The van der Waals surface area contributed by atoms with E-state index in [0.29, 0.717) is 30.6 Å². The summed E-state index contributed by atoms with van der Waals surface area (Å²) in [5.74, 6) is 0.971. The molecule has 0 atom stereocenters. The fourth-order valence-electron chi connectivity index (χ4n) is 2.79. The molecule has 0 unspecified atom stereocenters. The topological polar surface area (TPSA) is 92.5 Å². The average molecular weight is 363 g/mol. The molecule has 134 valence electrons. The van der Waals surface area contributed by atoms with Crippen LogP contribution in [0.3, 0.4) is 0 Å². The number of nitrogens with zero attached hydrogens (tertiary/aromatic N) is 2.